The second kappa shape index (κ2) is 5.94. The largest absolute Gasteiger partial charge is 0.752 e. The summed E-state index contributed by atoms with van der Waals surface area (Å²) >= 11 is 11.6. The Hall–Kier alpha value is 0.0300. The van der Waals surface area contributed by atoms with E-state index in [-0.39, 0.29) is 0 Å². The molecule has 0 bridgehead atoms. The molecule has 0 unspecified atom stereocenters. The second-order valence-electron chi connectivity index (χ2n) is 3.97. The van der Waals surface area contributed by atoms with Crippen molar-refractivity contribution in [3.63, 3.8) is 0 Å². The lowest BCUT2D eigenvalue weighted by atomic mass is 10.1. The number of benzene rings is 1. The van der Waals surface area contributed by atoms with Crippen molar-refractivity contribution in [3.8, 4) is 0 Å². The molecule has 0 saturated heterocycles. The van der Waals surface area contributed by atoms with E-state index in [4.69, 9.17) is 24.2 Å². The van der Waals surface area contributed by atoms with Crippen LogP contribution in [0.1, 0.15) is 25.0 Å². The minimum atomic E-state index is 0.674. The van der Waals surface area contributed by atoms with Crippen LogP contribution in [0.25, 0.3) is 0 Å². The van der Waals surface area contributed by atoms with Crippen molar-refractivity contribution in [2.24, 2.45) is 5.92 Å². The van der Waals surface area contributed by atoms with Crippen molar-refractivity contribution < 1.29 is 0 Å². The molecule has 0 spiro atoms. The van der Waals surface area contributed by atoms with Crippen molar-refractivity contribution in [1.29, 1.82) is 0 Å². The Morgan fingerprint density at radius 3 is 2.67 bits per heavy atom. The van der Waals surface area contributed by atoms with Crippen LogP contribution in [0.2, 0.25) is 5.02 Å². The quantitative estimate of drug-likeness (QED) is 0.575. The molecule has 0 nitrogen and oxygen atoms in total. The Morgan fingerprint density at radius 2 is 2.13 bits per heavy atom. The van der Waals surface area contributed by atoms with Gasteiger partial charge in [-0.2, -0.15) is 4.63 Å². The molecule has 0 aromatic heterocycles. The maximum absolute atomic E-state index is 6.15. The molecule has 0 aliphatic heterocycles. The Balaban J connectivity index is 3.00. The molecular formula is C12H15ClPS-. The molecule has 1 rings (SSSR count). The first-order chi connectivity index (χ1) is 7.02. The standard InChI is InChI=1S/C12H16ClPS/c1-8(2)7-14-12(15)11-9(3)5-4-6-10(11)13/h4-6,8,15H,7H2,1-3H3/p-1. The number of hydrogen-bond acceptors (Lipinski definition) is 1. The summed E-state index contributed by atoms with van der Waals surface area (Å²) in [5.41, 5.74) is 2.22. The lowest BCUT2D eigenvalue weighted by molar-refractivity contribution is 0.750. The summed E-state index contributed by atoms with van der Waals surface area (Å²) in [5.74, 6) is 0.674. The summed E-state index contributed by atoms with van der Waals surface area (Å²) in [7, 11) is 1.21. The molecule has 0 saturated carbocycles. The maximum atomic E-state index is 6.15. The van der Waals surface area contributed by atoms with Crippen LogP contribution in [0, 0.1) is 12.8 Å². The summed E-state index contributed by atoms with van der Waals surface area (Å²) in [6.07, 6.45) is 1.10. The topological polar surface area (TPSA) is 0 Å². The van der Waals surface area contributed by atoms with Gasteiger partial charge >= 0.3 is 0 Å². The molecule has 15 heavy (non-hydrogen) atoms. The van der Waals surface area contributed by atoms with E-state index in [0.29, 0.717) is 5.92 Å². The highest BCUT2D eigenvalue weighted by atomic mass is 35.5. The van der Waals surface area contributed by atoms with Gasteiger partial charge in [-0.15, -0.1) is 8.20 Å². The Morgan fingerprint density at radius 1 is 1.47 bits per heavy atom. The van der Waals surface area contributed by atoms with Crippen LogP contribution in [0.3, 0.4) is 0 Å². The van der Waals surface area contributed by atoms with E-state index in [0.717, 1.165) is 21.4 Å². The Kier molecular flexibility index (Phi) is 5.18. The number of halogens is 1. The van der Waals surface area contributed by atoms with Gasteiger partial charge in [-0.1, -0.05) is 37.6 Å². The van der Waals surface area contributed by atoms with Crippen LogP contribution in [0.15, 0.2) is 18.2 Å². The molecule has 0 N–H and O–H groups in total. The van der Waals surface area contributed by atoms with Crippen molar-refractivity contribution in [2.45, 2.75) is 20.8 Å². The smallest absolute Gasteiger partial charge is 0.0467 e. The van der Waals surface area contributed by atoms with E-state index in [1.165, 1.54) is 13.8 Å². The predicted molar refractivity (Wildman–Crippen MR) is 74.3 cm³/mol. The highest BCUT2D eigenvalue weighted by Crippen LogP contribution is 2.23. The van der Waals surface area contributed by atoms with Crippen molar-refractivity contribution >= 4 is 37.1 Å². The third-order valence-electron chi connectivity index (χ3n) is 2.04. The van der Waals surface area contributed by atoms with Crippen LogP contribution >= 0.6 is 19.8 Å². The molecule has 0 aliphatic rings. The van der Waals surface area contributed by atoms with Crippen LogP contribution in [0.5, 0.6) is 0 Å². The van der Waals surface area contributed by atoms with Gasteiger partial charge in [0, 0.05) is 5.02 Å². The molecule has 0 heterocycles. The zero-order valence-electron chi connectivity index (χ0n) is 9.25. The van der Waals surface area contributed by atoms with E-state index >= 15 is 0 Å². The van der Waals surface area contributed by atoms with Crippen LogP contribution < -0.4 is 0 Å². The minimum absolute atomic E-state index is 0.674. The Labute approximate surface area is 104 Å². The van der Waals surface area contributed by atoms with Crippen molar-refractivity contribution in [2.75, 3.05) is 6.16 Å². The fourth-order valence-corrected chi connectivity index (χ4v) is 3.17. The lowest BCUT2D eigenvalue weighted by Crippen LogP contribution is -1.99. The van der Waals surface area contributed by atoms with Gasteiger partial charge in [-0.3, -0.25) is 0 Å². The van der Waals surface area contributed by atoms with E-state index in [2.05, 4.69) is 26.8 Å². The molecule has 0 atom stereocenters. The lowest BCUT2D eigenvalue weighted by Gasteiger charge is -2.17. The van der Waals surface area contributed by atoms with Crippen LogP contribution in [-0.2, 0) is 12.6 Å². The molecule has 0 radical (unpaired) electrons. The van der Waals surface area contributed by atoms with E-state index in [9.17, 15) is 0 Å². The van der Waals surface area contributed by atoms with Gasteiger partial charge in [0.05, 0.1) is 0 Å². The van der Waals surface area contributed by atoms with E-state index in [1.54, 1.807) is 0 Å². The van der Waals surface area contributed by atoms with Crippen LogP contribution in [0.4, 0.5) is 0 Å². The molecule has 1 aromatic carbocycles. The second-order valence-corrected chi connectivity index (χ2v) is 6.22. The average molecular weight is 258 g/mol. The van der Waals surface area contributed by atoms with Crippen molar-refractivity contribution in [3.05, 3.63) is 34.3 Å². The number of rotatable bonds is 3. The summed E-state index contributed by atoms with van der Waals surface area (Å²) in [6.45, 7) is 6.46. The van der Waals surface area contributed by atoms with Gasteiger partial charge in [-0.05, 0) is 36.2 Å². The van der Waals surface area contributed by atoms with Crippen molar-refractivity contribution in [1.82, 2.24) is 0 Å². The van der Waals surface area contributed by atoms with Crippen LogP contribution in [-0.4, -0.2) is 10.8 Å². The first-order valence-electron chi connectivity index (χ1n) is 4.99. The molecule has 0 aliphatic carbocycles. The van der Waals surface area contributed by atoms with Gasteiger partial charge in [0.25, 0.3) is 0 Å². The fourth-order valence-electron chi connectivity index (χ4n) is 1.25. The monoisotopic (exact) mass is 257 g/mol. The average Bonchev–Trinajstić information content (AvgIpc) is 2.14. The molecule has 0 fully saturated rings. The zero-order valence-corrected chi connectivity index (χ0v) is 11.7. The van der Waals surface area contributed by atoms with Gasteiger partial charge in [0.15, 0.2) is 0 Å². The normalized spacial score (nSPS) is 12.3. The predicted octanol–water partition coefficient (Wildman–Crippen LogP) is 4.28. The third kappa shape index (κ3) is 3.83. The molecule has 82 valence electrons. The third-order valence-corrected chi connectivity index (χ3v) is 4.37. The number of aryl methyl sites for hydroxylation is 1. The summed E-state index contributed by atoms with van der Waals surface area (Å²) in [6, 6.07) is 5.92. The summed E-state index contributed by atoms with van der Waals surface area (Å²) < 4.78 is 0.965. The van der Waals surface area contributed by atoms with E-state index < -0.39 is 0 Å². The Bertz CT molecular complexity index is 352. The maximum Gasteiger partial charge on any atom is 0.0467 e. The first kappa shape index (κ1) is 13.1. The summed E-state index contributed by atoms with van der Waals surface area (Å²) in [4.78, 5) is 0. The number of hydrogen-bond donors (Lipinski definition) is 0. The SMILES string of the molecule is Cc1cccc(Cl)c1C([S-])=PCC(C)C. The van der Waals surface area contributed by atoms with Gasteiger partial charge in [0.1, 0.15) is 0 Å². The molecule has 3 heteroatoms. The molecule has 0 amide bonds. The van der Waals surface area contributed by atoms with Gasteiger partial charge in [-0.25, -0.2) is 0 Å². The van der Waals surface area contributed by atoms with Gasteiger partial charge < -0.3 is 12.6 Å². The fraction of sp³-hybridized carbons (Fsp3) is 0.417. The van der Waals surface area contributed by atoms with Gasteiger partial charge in [0.2, 0.25) is 0 Å². The highest BCUT2D eigenvalue weighted by Gasteiger charge is 2.01. The first-order valence-corrected chi connectivity index (χ1v) is 6.86. The minimum Gasteiger partial charge on any atom is -0.752 e. The highest BCUT2D eigenvalue weighted by molar-refractivity contribution is 7.88. The molecule has 1 aromatic rings. The molecular weight excluding hydrogens is 243 g/mol. The zero-order chi connectivity index (χ0) is 11.4. The van der Waals surface area contributed by atoms with E-state index in [1.807, 2.05) is 12.1 Å². The summed E-state index contributed by atoms with van der Waals surface area (Å²) in [5, 5.41) is 0.774.